The summed E-state index contributed by atoms with van der Waals surface area (Å²) < 4.78 is 56.3. The molecule has 7 nitrogen and oxygen atoms in total. The van der Waals surface area contributed by atoms with Gasteiger partial charge in [-0.15, -0.1) is 0 Å². The van der Waals surface area contributed by atoms with Crippen LogP contribution in [0.2, 0.25) is 0 Å². The first kappa shape index (κ1) is 28.9. The zero-order valence-corrected chi connectivity index (χ0v) is 24.0. The molecule has 1 unspecified atom stereocenters. The summed E-state index contributed by atoms with van der Waals surface area (Å²) >= 11 is 0. The number of benzene rings is 3. The smallest absolute Gasteiger partial charge is 0.423 e. The molecule has 0 saturated carbocycles. The van der Waals surface area contributed by atoms with Crippen molar-refractivity contribution in [3.8, 4) is 11.3 Å². The van der Waals surface area contributed by atoms with Crippen molar-refractivity contribution in [3.63, 3.8) is 0 Å². The molecule has 0 amide bonds. The van der Waals surface area contributed by atoms with E-state index < -0.39 is 40.5 Å². The Morgan fingerprint density at radius 2 is 1.79 bits per heavy atom. The third-order valence-electron chi connectivity index (χ3n) is 6.71. The van der Waals surface area contributed by atoms with Gasteiger partial charge in [-0.3, -0.25) is 9.48 Å². The lowest BCUT2D eigenvalue weighted by molar-refractivity contribution is -0.138. The number of ether oxygens (including phenoxy) is 1. The summed E-state index contributed by atoms with van der Waals surface area (Å²) in [6, 6.07) is 13.9. The van der Waals surface area contributed by atoms with Crippen molar-refractivity contribution in [1.82, 2.24) is 9.78 Å². The highest BCUT2D eigenvalue weighted by atomic mass is 19.4. The minimum atomic E-state index is -4.96. The van der Waals surface area contributed by atoms with E-state index in [-0.39, 0.29) is 16.5 Å². The van der Waals surface area contributed by atoms with Crippen LogP contribution in [0.1, 0.15) is 60.8 Å². The summed E-state index contributed by atoms with van der Waals surface area (Å²) in [5.74, 6) is -1.10. The Hall–Kier alpha value is -4.60. The van der Waals surface area contributed by atoms with Gasteiger partial charge < -0.3 is 14.5 Å². The average molecular weight is 578 g/mol. The van der Waals surface area contributed by atoms with Crippen molar-refractivity contribution in [2.24, 2.45) is 7.05 Å². The molecule has 0 radical (unpaired) electrons. The van der Waals surface area contributed by atoms with Crippen LogP contribution in [0.25, 0.3) is 33.2 Å². The van der Waals surface area contributed by atoms with Crippen LogP contribution in [0.4, 0.5) is 18.9 Å². The number of aryl methyl sites for hydroxylation is 2. The molecule has 0 aliphatic rings. The number of anilines is 1. The van der Waals surface area contributed by atoms with Gasteiger partial charge in [-0.2, -0.15) is 18.3 Å². The van der Waals surface area contributed by atoms with Crippen molar-refractivity contribution < 1.29 is 27.1 Å². The van der Waals surface area contributed by atoms with Crippen LogP contribution in [0.15, 0.2) is 70.0 Å². The van der Waals surface area contributed by atoms with E-state index in [2.05, 4.69) is 10.4 Å². The number of carbonyl (C=O) groups is 1. The molecule has 0 aliphatic heterocycles. The molecule has 0 bridgehead atoms. The summed E-state index contributed by atoms with van der Waals surface area (Å²) in [7, 11) is 1.71. The molecule has 2 aromatic heterocycles. The highest BCUT2D eigenvalue weighted by Gasteiger charge is 2.40. The molecule has 1 N–H and O–H groups in total. The zero-order chi connectivity index (χ0) is 30.6. The van der Waals surface area contributed by atoms with E-state index in [9.17, 15) is 22.8 Å². The van der Waals surface area contributed by atoms with Crippen LogP contribution in [0, 0.1) is 6.92 Å². The molecular formula is C32H30F3N3O4. The predicted octanol–water partition coefficient (Wildman–Crippen LogP) is 7.80. The van der Waals surface area contributed by atoms with Crippen molar-refractivity contribution >= 4 is 33.5 Å². The number of esters is 1. The van der Waals surface area contributed by atoms with Gasteiger partial charge in [0.05, 0.1) is 22.5 Å². The molecule has 5 aromatic rings. The van der Waals surface area contributed by atoms with Gasteiger partial charge in [-0.25, -0.2) is 4.79 Å². The fourth-order valence-corrected chi connectivity index (χ4v) is 4.98. The van der Waals surface area contributed by atoms with Crippen LogP contribution < -0.4 is 10.7 Å². The Morgan fingerprint density at radius 3 is 2.48 bits per heavy atom. The van der Waals surface area contributed by atoms with E-state index in [1.54, 1.807) is 88.9 Å². The van der Waals surface area contributed by atoms with Gasteiger partial charge in [0, 0.05) is 35.4 Å². The number of nitrogens with zero attached hydrogens (tertiary/aromatic N) is 2. The maximum absolute atomic E-state index is 14.4. The molecule has 1 atom stereocenters. The molecule has 10 heteroatoms. The fourth-order valence-electron chi connectivity index (χ4n) is 4.98. The summed E-state index contributed by atoms with van der Waals surface area (Å²) in [5.41, 5.74) is -0.739. The van der Waals surface area contributed by atoms with Crippen molar-refractivity contribution in [3.05, 3.63) is 93.3 Å². The van der Waals surface area contributed by atoms with E-state index >= 15 is 0 Å². The number of nitrogens with one attached hydrogen (secondary N) is 1. The van der Waals surface area contributed by atoms with E-state index in [0.717, 1.165) is 0 Å². The first-order chi connectivity index (χ1) is 19.6. The van der Waals surface area contributed by atoms with Gasteiger partial charge in [0.15, 0.2) is 5.76 Å². The van der Waals surface area contributed by atoms with Gasteiger partial charge in [0.2, 0.25) is 5.43 Å². The number of hydrogen-bond acceptors (Lipinski definition) is 6. The lowest BCUT2D eigenvalue weighted by Crippen LogP contribution is -2.24. The normalized spacial score (nSPS) is 13.0. The minimum absolute atomic E-state index is 0.0228. The van der Waals surface area contributed by atoms with Crippen molar-refractivity contribution in [2.45, 2.75) is 52.4 Å². The molecule has 42 heavy (non-hydrogen) atoms. The maximum Gasteiger partial charge on any atom is 0.423 e. The highest BCUT2D eigenvalue weighted by molar-refractivity contribution is 5.96. The average Bonchev–Trinajstić information content (AvgIpc) is 3.26. The third kappa shape index (κ3) is 5.61. The topological polar surface area (TPSA) is 86.4 Å². The zero-order valence-electron chi connectivity index (χ0n) is 24.0. The Morgan fingerprint density at radius 1 is 1.07 bits per heavy atom. The number of hydrogen-bond donors (Lipinski definition) is 1. The first-order valence-electron chi connectivity index (χ1n) is 13.3. The van der Waals surface area contributed by atoms with Crippen molar-refractivity contribution in [1.29, 1.82) is 0 Å². The van der Waals surface area contributed by atoms with Crippen LogP contribution in [-0.2, 0) is 18.0 Å². The first-order valence-corrected chi connectivity index (χ1v) is 13.3. The van der Waals surface area contributed by atoms with Crippen LogP contribution >= 0.6 is 0 Å². The number of fused-ring (bicyclic) bond motifs is 2. The Labute approximate surface area is 239 Å². The van der Waals surface area contributed by atoms with Gasteiger partial charge in [0.1, 0.15) is 16.7 Å². The number of carbonyl (C=O) groups excluding carboxylic acids is 1. The number of rotatable bonds is 5. The highest BCUT2D eigenvalue weighted by Crippen LogP contribution is 2.39. The monoisotopic (exact) mass is 577 g/mol. The van der Waals surface area contributed by atoms with Crippen LogP contribution in [-0.4, -0.2) is 21.4 Å². The summed E-state index contributed by atoms with van der Waals surface area (Å²) in [5, 5.41) is 7.96. The molecular weight excluding hydrogens is 547 g/mol. The van der Waals surface area contributed by atoms with E-state index in [1.165, 1.54) is 18.2 Å². The minimum Gasteiger partial charge on any atom is -0.456 e. The fraction of sp³-hybridized carbons (Fsp3) is 0.281. The predicted molar refractivity (Wildman–Crippen MR) is 156 cm³/mol. The Bertz CT molecular complexity index is 1900. The second-order valence-corrected chi connectivity index (χ2v) is 11.4. The molecule has 0 saturated heterocycles. The molecule has 218 valence electrons. The number of aromatic nitrogens is 2. The Balaban J connectivity index is 1.68. The van der Waals surface area contributed by atoms with Gasteiger partial charge in [-0.1, -0.05) is 18.2 Å². The molecule has 0 spiro atoms. The largest absolute Gasteiger partial charge is 0.456 e. The number of para-hydroxylation sites is 1. The van der Waals surface area contributed by atoms with Crippen LogP contribution in [0.5, 0.6) is 0 Å². The lowest BCUT2D eigenvalue weighted by Gasteiger charge is -2.23. The summed E-state index contributed by atoms with van der Waals surface area (Å²) in [6.45, 7) is 8.77. The number of alkyl halides is 3. The third-order valence-corrected chi connectivity index (χ3v) is 6.71. The molecule has 0 aliphatic carbocycles. The lowest BCUT2D eigenvalue weighted by atomic mass is 9.97. The van der Waals surface area contributed by atoms with E-state index in [0.29, 0.717) is 33.3 Å². The molecule has 5 rings (SSSR count). The second kappa shape index (κ2) is 10.3. The summed E-state index contributed by atoms with van der Waals surface area (Å²) in [4.78, 5) is 26.4. The molecule has 2 heterocycles. The van der Waals surface area contributed by atoms with Gasteiger partial charge in [-0.05, 0) is 76.6 Å². The summed E-state index contributed by atoms with van der Waals surface area (Å²) in [6.07, 6.45) is -3.29. The van der Waals surface area contributed by atoms with E-state index in [4.69, 9.17) is 9.15 Å². The van der Waals surface area contributed by atoms with Crippen molar-refractivity contribution in [2.75, 3.05) is 5.32 Å². The number of halogens is 3. The Kier molecular flexibility index (Phi) is 7.12. The molecule has 0 fully saturated rings. The second-order valence-electron chi connectivity index (χ2n) is 11.4. The van der Waals surface area contributed by atoms with Crippen LogP contribution in [0.3, 0.4) is 0 Å². The van der Waals surface area contributed by atoms with Gasteiger partial charge in [0.25, 0.3) is 0 Å². The SMILES string of the molecule is Cc1cc(C(C)Nc2ccccc2C(=O)OC(C)(C)C)c2oc(-c3ccc4nn(C)cc4c3)c(C(F)(F)F)c(=O)c2c1. The molecule has 3 aromatic carbocycles. The van der Waals surface area contributed by atoms with Gasteiger partial charge >= 0.3 is 12.1 Å². The quantitative estimate of drug-likeness (QED) is 0.215. The standard InChI is InChI=1S/C32H30F3N3O4/c1-17-13-22(18(2)36-25-10-8-7-9-21(25)30(40)42-31(3,4)5)29-23(14-17)27(39)26(32(33,34)35)28(41-29)19-11-12-24-20(15-19)16-38(6)37-24/h7-16,18,36H,1-6H3. The van der Waals surface area contributed by atoms with E-state index in [1.807, 2.05) is 0 Å². The maximum atomic E-state index is 14.4.